The molecule has 0 N–H and O–H groups in total. The van der Waals surface area contributed by atoms with Crippen molar-refractivity contribution in [3.05, 3.63) is 0 Å². The van der Waals surface area contributed by atoms with Gasteiger partial charge in [0.05, 0.1) is 11.3 Å². The highest BCUT2D eigenvalue weighted by atomic mass is 16.6. The van der Waals surface area contributed by atoms with E-state index in [1.807, 2.05) is 6.92 Å². The fourth-order valence-corrected chi connectivity index (χ4v) is 5.02. The standard InChI is InChI=1S/C20H32O4/c1-18(2,3)10-20(7,19(4,5)6)17(22)24-15-12-8-11-9-13(12)16(21)23-14(11)15/h11-15H,8-10H2,1-7H3. The number of carbonyl (C=O) groups is 2. The first-order valence-corrected chi connectivity index (χ1v) is 9.25. The van der Waals surface area contributed by atoms with Crippen molar-refractivity contribution in [2.24, 2.45) is 34.0 Å². The van der Waals surface area contributed by atoms with E-state index in [1.165, 1.54) is 0 Å². The van der Waals surface area contributed by atoms with Gasteiger partial charge in [-0.15, -0.1) is 0 Å². The van der Waals surface area contributed by atoms with Gasteiger partial charge >= 0.3 is 11.9 Å². The molecule has 2 aliphatic heterocycles. The summed E-state index contributed by atoms with van der Waals surface area (Å²) in [5.74, 6) is 0.285. The van der Waals surface area contributed by atoms with Gasteiger partial charge < -0.3 is 9.47 Å². The fourth-order valence-electron chi connectivity index (χ4n) is 5.02. The summed E-state index contributed by atoms with van der Waals surface area (Å²) in [6, 6.07) is 0. The zero-order chi connectivity index (χ0) is 18.1. The topological polar surface area (TPSA) is 52.6 Å². The first kappa shape index (κ1) is 17.8. The third kappa shape index (κ3) is 2.66. The van der Waals surface area contributed by atoms with Gasteiger partial charge in [0.2, 0.25) is 0 Å². The minimum atomic E-state index is -0.573. The maximum absolute atomic E-state index is 13.2. The van der Waals surface area contributed by atoms with Crippen LogP contribution in [0.25, 0.3) is 0 Å². The summed E-state index contributed by atoms with van der Waals surface area (Å²) in [4.78, 5) is 25.1. The molecule has 0 radical (unpaired) electrons. The number of esters is 2. The van der Waals surface area contributed by atoms with E-state index in [0.29, 0.717) is 5.92 Å². The number of hydrogen-bond donors (Lipinski definition) is 0. The number of fused-ring (bicyclic) bond motifs is 1. The predicted molar refractivity (Wildman–Crippen MR) is 91.1 cm³/mol. The number of ether oxygens (including phenoxy) is 2. The molecule has 0 aromatic heterocycles. The lowest BCUT2D eigenvalue weighted by atomic mass is 9.61. The van der Waals surface area contributed by atoms with E-state index in [-0.39, 0.29) is 46.8 Å². The molecule has 0 aromatic rings. The van der Waals surface area contributed by atoms with E-state index < -0.39 is 5.41 Å². The molecule has 4 bridgehead atoms. The molecule has 4 heteroatoms. The molecule has 6 atom stereocenters. The quantitative estimate of drug-likeness (QED) is 0.732. The van der Waals surface area contributed by atoms with Crippen molar-refractivity contribution in [1.29, 1.82) is 0 Å². The predicted octanol–water partition coefficient (Wildman–Crippen LogP) is 3.97. The Bertz CT molecular complexity index is 551. The second-order valence-electron chi connectivity index (χ2n) is 10.6. The monoisotopic (exact) mass is 336 g/mol. The molecule has 0 aromatic carbocycles. The van der Waals surface area contributed by atoms with Gasteiger partial charge in [0, 0.05) is 11.8 Å². The Balaban J connectivity index is 1.79. The Morgan fingerprint density at radius 3 is 2.25 bits per heavy atom. The van der Waals surface area contributed by atoms with Gasteiger partial charge in [0.25, 0.3) is 0 Å². The molecule has 24 heavy (non-hydrogen) atoms. The van der Waals surface area contributed by atoms with Gasteiger partial charge in [0.1, 0.15) is 12.2 Å². The lowest BCUT2D eigenvalue weighted by Gasteiger charge is -2.46. The third-order valence-corrected chi connectivity index (χ3v) is 6.65. The summed E-state index contributed by atoms with van der Waals surface area (Å²) in [5.41, 5.74) is -0.748. The van der Waals surface area contributed by atoms with E-state index in [0.717, 1.165) is 19.3 Å². The molecule has 4 nitrogen and oxygen atoms in total. The highest BCUT2D eigenvalue weighted by molar-refractivity contribution is 5.79. The maximum atomic E-state index is 13.2. The Morgan fingerprint density at radius 1 is 1.12 bits per heavy atom. The van der Waals surface area contributed by atoms with Gasteiger partial charge in [-0.2, -0.15) is 0 Å². The van der Waals surface area contributed by atoms with Crippen molar-refractivity contribution in [1.82, 2.24) is 0 Å². The van der Waals surface area contributed by atoms with E-state index in [1.54, 1.807) is 0 Å². The van der Waals surface area contributed by atoms with Gasteiger partial charge in [-0.1, -0.05) is 41.5 Å². The van der Waals surface area contributed by atoms with Crippen LogP contribution in [-0.2, 0) is 19.1 Å². The SMILES string of the molecule is CC(C)(C)CC(C)(C(=O)OC1C2CC3CC2C(=O)OC31)C(C)(C)C. The fraction of sp³-hybridized carbons (Fsp3) is 0.900. The van der Waals surface area contributed by atoms with E-state index >= 15 is 0 Å². The van der Waals surface area contributed by atoms with Crippen LogP contribution in [0.5, 0.6) is 0 Å². The molecule has 4 rings (SSSR count). The summed E-state index contributed by atoms with van der Waals surface area (Å²) in [6.07, 6.45) is 2.19. The van der Waals surface area contributed by atoms with Crippen molar-refractivity contribution < 1.29 is 19.1 Å². The van der Waals surface area contributed by atoms with Crippen molar-refractivity contribution in [3.8, 4) is 0 Å². The van der Waals surface area contributed by atoms with Gasteiger partial charge in [-0.3, -0.25) is 9.59 Å². The Labute approximate surface area is 145 Å². The minimum absolute atomic E-state index is 0.0290. The lowest BCUT2D eigenvalue weighted by molar-refractivity contribution is -0.205. The zero-order valence-electron chi connectivity index (χ0n) is 16.1. The van der Waals surface area contributed by atoms with Crippen LogP contribution in [0.4, 0.5) is 0 Å². The Hall–Kier alpha value is -1.06. The Morgan fingerprint density at radius 2 is 1.75 bits per heavy atom. The van der Waals surface area contributed by atoms with Crippen LogP contribution in [-0.4, -0.2) is 24.1 Å². The average Bonchev–Trinajstić information content (AvgIpc) is 2.91. The molecule has 2 aliphatic carbocycles. The van der Waals surface area contributed by atoms with Crippen LogP contribution in [0.3, 0.4) is 0 Å². The first-order valence-electron chi connectivity index (χ1n) is 9.25. The van der Waals surface area contributed by atoms with Crippen LogP contribution < -0.4 is 0 Å². The average molecular weight is 336 g/mol. The molecule has 2 saturated carbocycles. The van der Waals surface area contributed by atoms with Gasteiger partial charge in [-0.05, 0) is 37.0 Å². The summed E-state index contributed by atoms with van der Waals surface area (Å²) in [7, 11) is 0. The van der Waals surface area contributed by atoms with Gasteiger partial charge in [0.15, 0.2) is 0 Å². The highest BCUT2D eigenvalue weighted by Gasteiger charge is 2.64. The van der Waals surface area contributed by atoms with Crippen LogP contribution in [0.2, 0.25) is 0 Å². The summed E-state index contributed by atoms with van der Waals surface area (Å²) in [6.45, 7) is 14.8. The molecule has 136 valence electrons. The Kier molecular flexibility index (Phi) is 3.86. The second kappa shape index (κ2) is 5.22. The molecule has 0 amide bonds. The molecular weight excluding hydrogens is 304 g/mol. The molecule has 4 fully saturated rings. The van der Waals surface area contributed by atoms with E-state index in [4.69, 9.17) is 9.47 Å². The van der Waals surface area contributed by atoms with Crippen LogP contribution >= 0.6 is 0 Å². The van der Waals surface area contributed by atoms with Crippen molar-refractivity contribution in [3.63, 3.8) is 0 Å². The van der Waals surface area contributed by atoms with E-state index in [2.05, 4.69) is 41.5 Å². The molecule has 2 heterocycles. The number of carbonyl (C=O) groups excluding carboxylic acids is 2. The van der Waals surface area contributed by atoms with Crippen molar-refractivity contribution in [2.75, 3.05) is 0 Å². The summed E-state index contributed by atoms with van der Waals surface area (Å²) >= 11 is 0. The summed E-state index contributed by atoms with van der Waals surface area (Å²) < 4.78 is 11.6. The minimum Gasteiger partial charge on any atom is -0.458 e. The third-order valence-electron chi connectivity index (χ3n) is 6.65. The van der Waals surface area contributed by atoms with Crippen LogP contribution in [0.15, 0.2) is 0 Å². The number of hydrogen-bond acceptors (Lipinski definition) is 4. The van der Waals surface area contributed by atoms with Crippen molar-refractivity contribution in [2.45, 2.75) is 79.9 Å². The largest absolute Gasteiger partial charge is 0.458 e. The molecule has 2 saturated heterocycles. The normalized spacial score (nSPS) is 37.3. The van der Waals surface area contributed by atoms with Crippen LogP contribution in [0, 0.1) is 34.0 Å². The number of rotatable bonds is 3. The van der Waals surface area contributed by atoms with Crippen LogP contribution in [0.1, 0.15) is 67.7 Å². The second-order valence-corrected chi connectivity index (χ2v) is 10.6. The first-order chi connectivity index (χ1) is 10.8. The highest BCUT2D eigenvalue weighted by Crippen LogP contribution is 2.56. The maximum Gasteiger partial charge on any atom is 0.312 e. The van der Waals surface area contributed by atoms with Crippen molar-refractivity contribution >= 4 is 11.9 Å². The molecule has 0 spiro atoms. The molecule has 6 unspecified atom stereocenters. The van der Waals surface area contributed by atoms with Gasteiger partial charge in [-0.25, -0.2) is 0 Å². The zero-order valence-corrected chi connectivity index (χ0v) is 16.1. The summed E-state index contributed by atoms with van der Waals surface area (Å²) in [5, 5.41) is 0. The van der Waals surface area contributed by atoms with E-state index in [9.17, 15) is 9.59 Å². The smallest absolute Gasteiger partial charge is 0.312 e. The molecule has 4 aliphatic rings. The lowest BCUT2D eigenvalue weighted by Crippen LogP contribution is -2.53. The molecular formula is C20H32O4.